The summed E-state index contributed by atoms with van der Waals surface area (Å²) in [7, 11) is 0. The van der Waals surface area contributed by atoms with Crippen molar-refractivity contribution in [3.8, 4) is 0 Å². The standard InChI is InChI=1S/C11H14ClN5O/c1-6-4-18-3-2-7(6)15-10-8-9(14-5-13-8)16-11(12)17-10/h5-7H,2-4H2,1H3,(H2,13,14,15,16,17). The Labute approximate surface area is 109 Å². The van der Waals surface area contributed by atoms with Crippen LogP contribution in [0.15, 0.2) is 6.33 Å². The monoisotopic (exact) mass is 267 g/mol. The van der Waals surface area contributed by atoms with Crippen LogP contribution in [0.2, 0.25) is 5.28 Å². The number of halogens is 1. The van der Waals surface area contributed by atoms with Gasteiger partial charge < -0.3 is 15.0 Å². The Kier molecular flexibility index (Phi) is 3.05. The van der Waals surface area contributed by atoms with Crippen molar-refractivity contribution in [3.05, 3.63) is 11.6 Å². The summed E-state index contributed by atoms with van der Waals surface area (Å²) >= 11 is 5.89. The molecule has 1 saturated heterocycles. The minimum atomic E-state index is 0.205. The fourth-order valence-electron chi connectivity index (χ4n) is 2.18. The number of H-pyrrole nitrogens is 1. The van der Waals surface area contributed by atoms with Crippen LogP contribution in [0.3, 0.4) is 0 Å². The number of aromatic nitrogens is 4. The summed E-state index contributed by atoms with van der Waals surface area (Å²) in [6.07, 6.45) is 2.55. The third-order valence-corrected chi connectivity index (χ3v) is 3.39. The molecule has 2 N–H and O–H groups in total. The van der Waals surface area contributed by atoms with Crippen molar-refractivity contribution in [1.29, 1.82) is 0 Å². The lowest BCUT2D eigenvalue weighted by atomic mass is 9.98. The first-order valence-corrected chi connectivity index (χ1v) is 6.33. The average Bonchev–Trinajstić information content (AvgIpc) is 2.80. The Balaban J connectivity index is 1.91. The topological polar surface area (TPSA) is 75.7 Å². The molecule has 0 radical (unpaired) electrons. The molecular weight excluding hydrogens is 254 g/mol. The van der Waals surface area contributed by atoms with E-state index in [-0.39, 0.29) is 5.28 Å². The Hall–Kier alpha value is -1.40. The van der Waals surface area contributed by atoms with E-state index in [2.05, 4.69) is 32.2 Å². The van der Waals surface area contributed by atoms with Gasteiger partial charge in [-0.2, -0.15) is 9.97 Å². The van der Waals surface area contributed by atoms with Crippen LogP contribution < -0.4 is 5.32 Å². The molecule has 1 aliphatic rings. The Morgan fingerprint density at radius 1 is 1.50 bits per heavy atom. The maximum atomic E-state index is 5.89. The van der Waals surface area contributed by atoms with Gasteiger partial charge in [0, 0.05) is 12.6 Å². The molecule has 6 nitrogen and oxygen atoms in total. The van der Waals surface area contributed by atoms with Gasteiger partial charge in [0.1, 0.15) is 5.52 Å². The van der Waals surface area contributed by atoms with E-state index < -0.39 is 0 Å². The molecule has 96 valence electrons. The molecule has 0 saturated carbocycles. The molecule has 0 spiro atoms. The van der Waals surface area contributed by atoms with E-state index in [9.17, 15) is 0 Å². The van der Waals surface area contributed by atoms with Crippen molar-refractivity contribution in [2.45, 2.75) is 19.4 Å². The van der Waals surface area contributed by atoms with Gasteiger partial charge in [0.15, 0.2) is 11.5 Å². The molecule has 0 bridgehead atoms. The summed E-state index contributed by atoms with van der Waals surface area (Å²) in [5.41, 5.74) is 1.37. The highest BCUT2D eigenvalue weighted by atomic mass is 35.5. The molecular formula is C11H14ClN5O. The summed E-state index contributed by atoms with van der Waals surface area (Å²) in [5, 5.41) is 3.62. The fraction of sp³-hybridized carbons (Fsp3) is 0.545. The van der Waals surface area contributed by atoms with Crippen LogP contribution in [-0.4, -0.2) is 39.2 Å². The third-order valence-electron chi connectivity index (χ3n) is 3.22. The molecule has 2 aromatic heterocycles. The first kappa shape index (κ1) is 11.7. The van der Waals surface area contributed by atoms with Gasteiger partial charge in [-0.15, -0.1) is 0 Å². The highest BCUT2D eigenvalue weighted by Crippen LogP contribution is 2.23. The molecule has 1 fully saturated rings. The van der Waals surface area contributed by atoms with Gasteiger partial charge >= 0.3 is 0 Å². The van der Waals surface area contributed by atoms with E-state index in [0.29, 0.717) is 23.4 Å². The number of ether oxygens (including phenoxy) is 1. The second-order valence-electron chi connectivity index (χ2n) is 4.53. The Morgan fingerprint density at radius 3 is 3.22 bits per heavy atom. The molecule has 2 aromatic rings. The van der Waals surface area contributed by atoms with Crippen LogP contribution in [-0.2, 0) is 4.74 Å². The quantitative estimate of drug-likeness (QED) is 0.812. The largest absolute Gasteiger partial charge is 0.381 e. The zero-order valence-electron chi connectivity index (χ0n) is 9.98. The maximum absolute atomic E-state index is 5.89. The average molecular weight is 268 g/mol. The number of nitrogens with zero attached hydrogens (tertiary/aromatic N) is 3. The normalized spacial score (nSPS) is 24.3. The molecule has 0 aromatic carbocycles. The van der Waals surface area contributed by atoms with Crippen molar-refractivity contribution < 1.29 is 4.74 Å². The van der Waals surface area contributed by atoms with Crippen LogP contribution >= 0.6 is 11.6 Å². The van der Waals surface area contributed by atoms with E-state index in [1.165, 1.54) is 0 Å². The molecule has 2 atom stereocenters. The van der Waals surface area contributed by atoms with E-state index in [1.807, 2.05) is 0 Å². The molecule has 1 aliphatic heterocycles. The number of fused-ring (bicyclic) bond motifs is 1. The summed E-state index contributed by atoms with van der Waals surface area (Å²) in [4.78, 5) is 15.4. The van der Waals surface area contributed by atoms with Crippen LogP contribution in [0.25, 0.3) is 11.2 Å². The first-order chi connectivity index (χ1) is 8.74. The lowest BCUT2D eigenvalue weighted by Crippen LogP contribution is -2.36. The van der Waals surface area contributed by atoms with Gasteiger partial charge in [-0.25, -0.2) is 4.98 Å². The van der Waals surface area contributed by atoms with E-state index in [4.69, 9.17) is 16.3 Å². The molecule has 7 heteroatoms. The van der Waals surface area contributed by atoms with Crippen LogP contribution in [0.1, 0.15) is 13.3 Å². The van der Waals surface area contributed by atoms with Crippen molar-refractivity contribution in [3.63, 3.8) is 0 Å². The predicted octanol–water partition coefficient (Wildman–Crippen LogP) is 1.84. The number of imidazole rings is 1. The molecule has 0 aliphatic carbocycles. The van der Waals surface area contributed by atoms with E-state index in [0.717, 1.165) is 25.2 Å². The van der Waals surface area contributed by atoms with Crippen LogP contribution in [0.4, 0.5) is 5.82 Å². The molecule has 3 rings (SSSR count). The maximum Gasteiger partial charge on any atom is 0.226 e. The molecule has 2 unspecified atom stereocenters. The number of aromatic amines is 1. The fourth-order valence-corrected chi connectivity index (χ4v) is 2.35. The van der Waals surface area contributed by atoms with Gasteiger partial charge in [-0.3, -0.25) is 0 Å². The highest BCUT2D eigenvalue weighted by Gasteiger charge is 2.23. The summed E-state index contributed by atoms with van der Waals surface area (Å²) in [6.45, 7) is 3.69. The minimum Gasteiger partial charge on any atom is -0.381 e. The highest BCUT2D eigenvalue weighted by molar-refractivity contribution is 6.28. The van der Waals surface area contributed by atoms with E-state index >= 15 is 0 Å². The number of nitrogens with one attached hydrogen (secondary N) is 2. The molecule has 18 heavy (non-hydrogen) atoms. The minimum absolute atomic E-state index is 0.205. The Morgan fingerprint density at radius 2 is 2.39 bits per heavy atom. The molecule has 3 heterocycles. The van der Waals surface area contributed by atoms with E-state index in [1.54, 1.807) is 6.33 Å². The summed E-state index contributed by atoms with van der Waals surface area (Å²) < 4.78 is 5.43. The lowest BCUT2D eigenvalue weighted by molar-refractivity contribution is 0.0537. The van der Waals surface area contributed by atoms with Crippen molar-refractivity contribution in [1.82, 2.24) is 19.9 Å². The smallest absolute Gasteiger partial charge is 0.226 e. The molecule has 0 amide bonds. The van der Waals surface area contributed by atoms with Crippen molar-refractivity contribution in [2.24, 2.45) is 5.92 Å². The lowest BCUT2D eigenvalue weighted by Gasteiger charge is -2.30. The number of anilines is 1. The third kappa shape index (κ3) is 2.13. The van der Waals surface area contributed by atoms with Crippen molar-refractivity contribution in [2.75, 3.05) is 18.5 Å². The van der Waals surface area contributed by atoms with Gasteiger partial charge in [0.25, 0.3) is 0 Å². The van der Waals surface area contributed by atoms with Gasteiger partial charge in [-0.05, 0) is 23.9 Å². The van der Waals surface area contributed by atoms with Gasteiger partial charge in [-0.1, -0.05) is 6.92 Å². The number of hydrogen-bond donors (Lipinski definition) is 2. The SMILES string of the molecule is CC1COCCC1Nc1nc(Cl)nc2nc[nH]c12. The summed E-state index contributed by atoms with van der Waals surface area (Å²) in [5.74, 6) is 1.15. The Bertz CT molecular complexity index is 557. The second-order valence-corrected chi connectivity index (χ2v) is 4.87. The van der Waals surface area contributed by atoms with Gasteiger partial charge in [0.2, 0.25) is 5.28 Å². The zero-order valence-corrected chi connectivity index (χ0v) is 10.7. The number of rotatable bonds is 2. The van der Waals surface area contributed by atoms with Gasteiger partial charge in [0.05, 0.1) is 12.9 Å². The van der Waals surface area contributed by atoms with Crippen molar-refractivity contribution >= 4 is 28.6 Å². The number of hydrogen-bond acceptors (Lipinski definition) is 5. The summed E-state index contributed by atoms with van der Waals surface area (Å²) in [6, 6.07) is 0.330. The van der Waals surface area contributed by atoms with Crippen LogP contribution in [0.5, 0.6) is 0 Å². The predicted molar refractivity (Wildman–Crippen MR) is 68.7 cm³/mol. The first-order valence-electron chi connectivity index (χ1n) is 5.95. The zero-order chi connectivity index (χ0) is 12.5. The second kappa shape index (κ2) is 4.70. The van der Waals surface area contributed by atoms with Crippen LogP contribution in [0, 0.1) is 5.92 Å².